The van der Waals surface area contributed by atoms with Gasteiger partial charge in [-0.25, -0.2) is 19.9 Å². The molecule has 0 N–H and O–H groups in total. The van der Waals surface area contributed by atoms with Crippen molar-refractivity contribution in [1.82, 2.24) is 19.9 Å². The lowest BCUT2D eigenvalue weighted by atomic mass is 10.2. The fraction of sp³-hybridized carbons (Fsp3) is 0.231. The van der Waals surface area contributed by atoms with Crippen LogP contribution >= 0.6 is 23.1 Å². The monoisotopic (exact) mass is 288 g/mol. The lowest BCUT2D eigenvalue weighted by molar-refractivity contribution is 0.879. The Morgan fingerprint density at radius 3 is 2.53 bits per heavy atom. The van der Waals surface area contributed by atoms with Crippen molar-refractivity contribution in [2.75, 3.05) is 0 Å². The van der Waals surface area contributed by atoms with Gasteiger partial charge in [0.15, 0.2) is 5.16 Å². The summed E-state index contributed by atoms with van der Waals surface area (Å²) in [6.45, 7) is 6.06. The fourth-order valence-corrected chi connectivity index (χ4v) is 3.43. The summed E-state index contributed by atoms with van der Waals surface area (Å²) in [5.74, 6) is 0. The molecule has 0 saturated carbocycles. The maximum Gasteiger partial charge on any atom is 0.194 e. The topological polar surface area (TPSA) is 51.6 Å². The summed E-state index contributed by atoms with van der Waals surface area (Å²) in [6.07, 6.45) is 1.59. The second-order valence-corrected chi connectivity index (χ2v) is 6.07. The first kappa shape index (κ1) is 12.5. The highest BCUT2D eigenvalue weighted by molar-refractivity contribution is 7.99. The van der Waals surface area contributed by atoms with Crippen molar-refractivity contribution < 1.29 is 0 Å². The molecule has 0 unspecified atom stereocenters. The van der Waals surface area contributed by atoms with Crippen LogP contribution in [0.2, 0.25) is 0 Å². The molecule has 0 radical (unpaired) electrons. The predicted molar refractivity (Wildman–Crippen MR) is 77.8 cm³/mol. The van der Waals surface area contributed by atoms with Crippen molar-refractivity contribution in [2.24, 2.45) is 0 Å². The number of aryl methyl sites for hydroxylation is 2. The van der Waals surface area contributed by atoms with Crippen LogP contribution < -0.4 is 0 Å². The quantitative estimate of drug-likeness (QED) is 0.533. The van der Waals surface area contributed by atoms with Gasteiger partial charge in [0.2, 0.25) is 0 Å². The number of thiophene rings is 1. The van der Waals surface area contributed by atoms with E-state index in [0.29, 0.717) is 0 Å². The van der Waals surface area contributed by atoms with E-state index in [9.17, 15) is 0 Å². The Morgan fingerprint density at radius 1 is 1.05 bits per heavy atom. The number of hydrogen-bond acceptors (Lipinski definition) is 6. The van der Waals surface area contributed by atoms with Gasteiger partial charge in [-0.1, -0.05) is 0 Å². The zero-order chi connectivity index (χ0) is 13.4. The van der Waals surface area contributed by atoms with Crippen molar-refractivity contribution >= 4 is 33.3 Å². The normalized spacial score (nSPS) is 11.1. The second kappa shape index (κ2) is 4.86. The van der Waals surface area contributed by atoms with E-state index in [1.165, 1.54) is 11.8 Å². The van der Waals surface area contributed by atoms with Crippen LogP contribution in [0.15, 0.2) is 28.0 Å². The largest absolute Gasteiger partial charge is 0.229 e. The van der Waals surface area contributed by atoms with Crippen LogP contribution in [-0.4, -0.2) is 19.9 Å². The van der Waals surface area contributed by atoms with Crippen LogP contribution in [0.5, 0.6) is 0 Å². The van der Waals surface area contributed by atoms with Crippen molar-refractivity contribution in [3.63, 3.8) is 0 Å². The number of nitrogens with zero attached hydrogens (tertiary/aromatic N) is 4. The summed E-state index contributed by atoms with van der Waals surface area (Å²) in [7, 11) is 0. The smallest absolute Gasteiger partial charge is 0.194 e. The average molecular weight is 288 g/mol. The maximum atomic E-state index is 4.51. The van der Waals surface area contributed by atoms with Crippen LogP contribution in [-0.2, 0) is 0 Å². The van der Waals surface area contributed by atoms with E-state index in [1.807, 2.05) is 32.2 Å². The molecule has 0 fully saturated rings. The molecule has 0 amide bonds. The first-order valence-corrected chi connectivity index (χ1v) is 7.52. The lowest BCUT2D eigenvalue weighted by Crippen LogP contribution is -1.98. The second-order valence-electron chi connectivity index (χ2n) is 4.22. The SMILES string of the molecule is Cc1nc(Sc2ncnc3sccc23)nc(C)c1C. The summed E-state index contributed by atoms with van der Waals surface area (Å²) >= 11 is 3.11. The van der Waals surface area contributed by atoms with E-state index >= 15 is 0 Å². The Kier molecular flexibility index (Phi) is 3.20. The molecular weight excluding hydrogens is 276 g/mol. The number of fused-ring (bicyclic) bond motifs is 1. The Labute approximate surface area is 119 Å². The molecule has 3 heterocycles. The molecule has 96 valence electrons. The molecule has 4 nitrogen and oxygen atoms in total. The summed E-state index contributed by atoms with van der Waals surface area (Å²) in [5.41, 5.74) is 3.18. The third-order valence-electron chi connectivity index (χ3n) is 3.03. The van der Waals surface area contributed by atoms with Crippen LogP contribution in [0.3, 0.4) is 0 Å². The van der Waals surface area contributed by atoms with Gasteiger partial charge >= 0.3 is 0 Å². The van der Waals surface area contributed by atoms with Crippen LogP contribution in [0, 0.1) is 20.8 Å². The summed E-state index contributed by atoms with van der Waals surface area (Å²) in [4.78, 5) is 18.6. The molecule has 3 aromatic rings. The zero-order valence-corrected chi connectivity index (χ0v) is 12.5. The number of hydrogen-bond donors (Lipinski definition) is 0. The minimum Gasteiger partial charge on any atom is -0.229 e. The third-order valence-corrected chi connectivity index (χ3v) is 4.73. The van der Waals surface area contributed by atoms with Gasteiger partial charge in [0.05, 0.1) is 0 Å². The number of aromatic nitrogens is 4. The molecule has 0 spiro atoms. The molecule has 0 aliphatic rings. The van der Waals surface area contributed by atoms with E-state index in [0.717, 1.165) is 37.4 Å². The highest BCUT2D eigenvalue weighted by Gasteiger charge is 2.10. The molecule has 0 aliphatic heterocycles. The first-order valence-electron chi connectivity index (χ1n) is 5.83. The third kappa shape index (κ3) is 2.33. The summed E-state index contributed by atoms with van der Waals surface area (Å²) in [5, 5.41) is 4.74. The summed E-state index contributed by atoms with van der Waals surface area (Å²) in [6, 6.07) is 2.04. The molecule has 0 saturated heterocycles. The average Bonchev–Trinajstić information content (AvgIpc) is 2.85. The van der Waals surface area contributed by atoms with Gasteiger partial charge in [-0.3, -0.25) is 0 Å². The molecule has 0 aromatic carbocycles. The fourth-order valence-electron chi connectivity index (χ4n) is 1.72. The van der Waals surface area contributed by atoms with Crippen LogP contribution in [0.4, 0.5) is 0 Å². The lowest BCUT2D eigenvalue weighted by Gasteiger charge is -2.06. The molecule has 0 aliphatic carbocycles. The van der Waals surface area contributed by atoms with E-state index < -0.39 is 0 Å². The standard InChI is InChI=1S/C13H12N4S2/c1-7-8(2)16-13(17-9(7)3)19-12-10-4-5-18-11(10)14-6-15-12/h4-6H,1-3H3. The van der Waals surface area contributed by atoms with Gasteiger partial charge in [-0.05, 0) is 49.5 Å². The molecule has 0 atom stereocenters. The first-order chi connectivity index (χ1) is 9.15. The highest BCUT2D eigenvalue weighted by atomic mass is 32.2. The Balaban J connectivity index is 2.04. The van der Waals surface area contributed by atoms with Gasteiger partial charge in [-0.2, -0.15) is 0 Å². The molecule has 0 bridgehead atoms. The number of rotatable bonds is 2. The molecular formula is C13H12N4S2. The van der Waals surface area contributed by atoms with Crippen LogP contribution in [0.1, 0.15) is 17.0 Å². The Morgan fingerprint density at radius 2 is 1.79 bits per heavy atom. The molecule has 6 heteroatoms. The van der Waals surface area contributed by atoms with Gasteiger partial charge in [-0.15, -0.1) is 11.3 Å². The van der Waals surface area contributed by atoms with E-state index in [4.69, 9.17) is 0 Å². The highest BCUT2D eigenvalue weighted by Crippen LogP contribution is 2.31. The summed E-state index contributed by atoms with van der Waals surface area (Å²) < 4.78 is 0. The van der Waals surface area contributed by atoms with Crippen molar-refractivity contribution in [2.45, 2.75) is 31.0 Å². The van der Waals surface area contributed by atoms with Gasteiger partial charge < -0.3 is 0 Å². The van der Waals surface area contributed by atoms with E-state index in [-0.39, 0.29) is 0 Å². The van der Waals surface area contributed by atoms with Crippen molar-refractivity contribution in [1.29, 1.82) is 0 Å². The van der Waals surface area contributed by atoms with Crippen molar-refractivity contribution in [3.8, 4) is 0 Å². The zero-order valence-electron chi connectivity index (χ0n) is 10.8. The molecule has 19 heavy (non-hydrogen) atoms. The minimum atomic E-state index is 0.742. The molecule has 3 aromatic heterocycles. The Bertz CT molecular complexity index is 728. The van der Waals surface area contributed by atoms with E-state index in [2.05, 4.69) is 19.9 Å². The molecule has 3 rings (SSSR count). The van der Waals surface area contributed by atoms with Crippen molar-refractivity contribution in [3.05, 3.63) is 34.7 Å². The van der Waals surface area contributed by atoms with Gasteiger partial charge in [0.25, 0.3) is 0 Å². The van der Waals surface area contributed by atoms with Gasteiger partial charge in [0, 0.05) is 16.8 Å². The van der Waals surface area contributed by atoms with Crippen LogP contribution in [0.25, 0.3) is 10.2 Å². The van der Waals surface area contributed by atoms with E-state index in [1.54, 1.807) is 17.7 Å². The predicted octanol–water partition coefficient (Wildman–Crippen LogP) is 3.56. The Hall–Kier alpha value is -1.53. The maximum absolute atomic E-state index is 4.51. The van der Waals surface area contributed by atoms with Gasteiger partial charge in [0.1, 0.15) is 16.2 Å². The minimum absolute atomic E-state index is 0.742.